The molecule has 1 unspecified atom stereocenters. The number of nitrogens with one attached hydrogen (secondary N) is 2. The molecule has 21 heavy (non-hydrogen) atoms. The van der Waals surface area contributed by atoms with Gasteiger partial charge >= 0.3 is 0 Å². The maximum atomic E-state index is 4.55. The molecule has 0 fully saturated rings. The summed E-state index contributed by atoms with van der Waals surface area (Å²) in [5.41, 5.74) is 2.16. The van der Waals surface area contributed by atoms with Gasteiger partial charge in [0.25, 0.3) is 0 Å². The lowest BCUT2D eigenvalue weighted by atomic mass is 10.1. The molecule has 2 N–H and O–H groups in total. The van der Waals surface area contributed by atoms with Gasteiger partial charge in [-0.15, -0.1) is 0 Å². The minimum atomic E-state index is 0.175. The third-order valence-electron chi connectivity index (χ3n) is 3.48. The molecular formula is C17H18N4. The summed E-state index contributed by atoms with van der Waals surface area (Å²) >= 11 is 0. The third-order valence-corrected chi connectivity index (χ3v) is 3.48. The van der Waals surface area contributed by atoms with Gasteiger partial charge in [-0.1, -0.05) is 42.5 Å². The Morgan fingerprint density at radius 2 is 1.62 bits per heavy atom. The molecule has 0 saturated carbocycles. The number of anilines is 2. The smallest absolute Gasteiger partial charge is 0.224 e. The van der Waals surface area contributed by atoms with Crippen molar-refractivity contribution >= 4 is 22.7 Å². The lowest BCUT2D eigenvalue weighted by molar-refractivity contribution is 0.876. The zero-order valence-electron chi connectivity index (χ0n) is 12.2. The van der Waals surface area contributed by atoms with E-state index in [1.165, 1.54) is 5.56 Å². The molecule has 2 aromatic carbocycles. The van der Waals surface area contributed by atoms with Crippen LogP contribution in [0.4, 0.5) is 11.8 Å². The van der Waals surface area contributed by atoms with Gasteiger partial charge in [-0.2, -0.15) is 4.98 Å². The molecule has 0 bridgehead atoms. The summed E-state index contributed by atoms with van der Waals surface area (Å²) in [5, 5.41) is 7.52. The van der Waals surface area contributed by atoms with E-state index < -0.39 is 0 Å². The highest BCUT2D eigenvalue weighted by Crippen LogP contribution is 2.25. The minimum absolute atomic E-state index is 0.175. The van der Waals surface area contributed by atoms with Crippen LogP contribution in [0.15, 0.2) is 54.6 Å². The van der Waals surface area contributed by atoms with Crippen molar-refractivity contribution in [2.45, 2.75) is 13.0 Å². The van der Waals surface area contributed by atoms with Crippen molar-refractivity contribution in [3.05, 3.63) is 60.2 Å². The summed E-state index contributed by atoms with van der Waals surface area (Å²) in [6, 6.07) is 18.5. The van der Waals surface area contributed by atoms with E-state index in [0.717, 1.165) is 16.7 Å². The van der Waals surface area contributed by atoms with E-state index in [-0.39, 0.29) is 6.04 Å². The van der Waals surface area contributed by atoms with Crippen molar-refractivity contribution in [1.29, 1.82) is 0 Å². The van der Waals surface area contributed by atoms with Crippen LogP contribution in [0, 0.1) is 0 Å². The summed E-state index contributed by atoms with van der Waals surface area (Å²) < 4.78 is 0. The van der Waals surface area contributed by atoms with Crippen LogP contribution in [-0.2, 0) is 0 Å². The van der Waals surface area contributed by atoms with Gasteiger partial charge in [0.2, 0.25) is 5.95 Å². The molecule has 0 aliphatic heterocycles. The number of aromatic nitrogens is 2. The molecule has 106 valence electrons. The van der Waals surface area contributed by atoms with E-state index >= 15 is 0 Å². The van der Waals surface area contributed by atoms with Crippen molar-refractivity contribution < 1.29 is 0 Å². The lowest BCUT2D eigenvalue weighted by Gasteiger charge is -2.17. The molecular weight excluding hydrogens is 260 g/mol. The van der Waals surface area contributed by atoms with E-state index in [4.69, 9.17) is 0 Å². The molecule has 3 aromatic rings. The maximum absolute atomic E-state index is 4.55. The lowest BCUT2D eigenvalue weighted by Crippen LogP contribution is -2.10. The molecule has 0 amide bonds. The van der Waals surface area contributed by atoms with Crippen molar-refractivity contribution in [1.82, 2.24) is 9.97 Å². The van der Waals surface area contributed by atoms with E-state index in [2.05, 4.69) is 39.7 Å². The molecule has 3 rings (SSSR count). The zero-order valence-corrected chi connectivity index (χ0v) is 12.2. The van der Waals surface area contributed by atoms with Gasteiger partial charge in [-0.05, 0) is 24.6 Å². The first-order valence-corrected chi connectivity index (χ1v) is 7.04. The molecule has 4 nitrogen and oxygen atoms in total. The number of nitrogens with zero attached hydrogens (tertiary/aromatic N) is 2. The topological polar surface area (TPSA) is 49.8 Å². The predicted molar refractivity (Wildman–Crippen MR) is 87.6 cm³/mol. The minimum Gasteiger partial charge on any atom is -0.363 e. The SMILES string of the molecule is CNc1nc(NC(C)c2ccccc2)c2ccccc2n1. The second-order valence-electron chi connectivity index (χ2n) is 4.94. The quantitative estimate of drug-likeness (QED) is 0.761. The fourth-order valence-electron chi connectivity index (χ4n) is 2.33. The van der Waals surface area contributed by atoms with Crippen LogP contribution in [-0.4, -0.2) is 17.0 Å². The number of fused-ring (bicyclic) bond motifs is 1. The molecule has 1 aromatic heterocycles. The van der Waals surface area contributed by atoms with E-state index in [1.807, 2.05) is 49.5 Å². The Morgan fingerprint density at radius 3 is 2.38 bits per heavy atom. The van der Waals surface area contributed by atoms with Gasteiger partial charge in [0.05, 0.1) is 5.52 Å². The normalized spacial score (nSPS) is 12.1. The predicted octanol–water partition coefficient (Wildman–Crippen LogP) is 3.84. The maximum Gasteiger partial charge on any atom is 0.224 e. The summed E-state index contributed by atoms with van der Waals surface area (Å²) in [6.45, 7) is 2.13. The van der Waals surface area contributed by atoms with Gasteiger partial charge < -0.3 is 10.6 Å². The Balaban J connectivity index is 1.99. The highest BCUT2D eigenvalue weighted by molar-refractivity contribution is 5.90. The van der Waals surface area contributed by atoms with Crippen LogP contribution < -0.4 is 10.6 Å². The first kappa shape index (κ1) is 13.4. The van der Waals surface area contributed by atoms with Gasteiger partial charge in [-0.25, -0.2) is 4.98 Å². The molecule has 0 saturated heterocycles. The Labute approximate surface area is 124 Å². The van der Waals surface area contributed by atoms with Crippen molar-refractivity contribution in [2.24, 2.45) is 0 Å². The highest BCUT2D eigenvalue weighted by Gasteiger charge is 2.10. The Kier molecular flexibility index (Phi) is 3.69. The summed E-state index contributed by atoms with van der Waals surface area (Å²) in [4.78, 5) is 9.02. The van der Waals surface area contributed by atoms with Crippen LogP contribution in [0.25, 0.3) is 10.9 Å². The zero-order chi connectivity index (χ0) is 14.7. The highest BCUT2D eigenvalue weighted by atomic mass is 15.1. The molecule has 0 radical (unpaired) electrons. The number of para-hydroxylation sites is 1. The second kappa shape index (κ2) is 5.79. The van der Waals surface area contributed by atoms with Crippen LogP contribution >= 0.6 is 0 Å². The molecule has 0 spiro atoms. The number of hydrogen-bond donors (Lipinski definition) is 2. The second-order valence-corrected chi connectivity index (χ2v) is 4.94. The van der Waals surface area contributed by atoms with E-state index in [0.29, 0.717) is 5.95 Å². The third kappa shape index (κ3) is 2.79. The standard InChI is InChI=1S/C17H18N4/c1-12(13-8-4-3-5-9-13)19-16-14-10-6-7-11-15(14)20-17(18-2)21-16/h3-12H,1-2H3,(H2,18,19,20,21). The van der Waals surface area contributed by atoms with Crippen molar-refractivity contribution in [2.75, 3.05) is 17.7 Å². The molecule has 1 heterocycles. The first-order chi connectivity index (χ1) is 10.3. The summed E-state index contributed by atoms with van der Waals surface area (Å²) in [6.07, 6.45) is 0. The van der Waals surface area contributed by atoms with Gasteiger partial charge in [0.15, 0.2) is 0 Å². The fourth-order valence-corrected chi connectivity index (χ4v) is 2.33. The fraction of sp³-hybridized carbons (Fsp3) is 0.176. The molecule has 0 aliphatic carbocycles. The molecule has 0 aliphatic rings. The number of benzene rings is 2. The van der Waals surface area contributed by atoms with Gasteiger partial charge in [0, 0.05) is 18.5 Å². The Hall–Kier alpha value is -2.62. The largest absolute Gasteiger partial charge is 0.363 e. The molecule has 4 heteroatoms. The van der Waals surface area contributed by atoms with E-state index in [9.17, 15) is 0 Å². The Bertz CT molecular complexity index is 740. The first-order valence-electron chi connectivity index (χ1n) is 7.04. The van der Waals surface area contributed by atoms with Crippen LogP contribution in [0.1, 0.15) is 18.5 Å². The van der Waals surface area contributed by atoms with Crippen molar-refractivity contribution in [3.8, 4) is 0 Å². The summed E-state index contributed by atoms with van der Waals surface area (Å²) in [5.74, 6) is 1.47. The van der Waals surface area contributed by atoms with Gasteiger partial charge in [0.1, 0.15) is 5.82 Å². The van der Waals surface area contributed by atoms with Crippen LogP contribution in [0.5, 0.6) is 0 Å². The summed E-state index contributed by atoms with van der Waals surface area (Å²) in [7, 11) is 1.83. The van der Waals surface area contributed by atoms with E-state index in [1.54, 1.807) is 0 Å². The number of rotatable bonds is 4. The van der Waals surface area contributed by atoms with Gasteiger partial charge in [-0.3, -0.25) is 0 Å². The average Bonchev–Trinajstić information content (AvgIpc) is 2.55. The number of hydrogen-bond acceptors (Lipinski definition) is 4. The molecule has 1 atom stereocenters. The van der Waals surface area contributed by atoms with Crippen LogP contribution in [0.3, 0.4) is 0 Å². The van der Waals surface area contributed by atoms with Crippen molar-refractivity contribution in [3.63, 3.8) is 0 Å². The Morgan fingerprint density at radius 1 is 0.905 bits per heavy atom. The average molecular weight is 278 g/mol. The monoisotopic (exact) mass is 278 g/mol. The van der Waals surface area contributed by atoms with Crippen LogP contribution in [0.2, 0.25) is 0 Å².